The molecule has 1 unspecified atom stereocenters. The molecule has 0 aromatic rings. The van der Waals surface area contributed by atoms with Crippen LogP contribution in [0.3, 0.4) is 0 Å². The fourth-order valence-electron chi connectivity index (χ4n) is 5.76. The fraction of sp³-hybridized carbons (Fsp3) is 0.824. The Morgan fingerprint density at radius 1 is 0.457 bits per heavy atom. The van der Waals surface area contributed by atoms with Crippen molar-refractivity contribution in [1.29, 1.82) is 0 Å². The second-order valence-corrected chi connectivity index (χ2v) is 14.4. The smallest absolute Gasteiger partial charge is 0.329 e. The van der Waals surface area contributed by atoms with Crippen LogP contribution in [0.1, 0.15) is 89.5 Å². The van der Waals surface area contributed by atoms with Gasteiger partial charge in [-0.2, -0.15) is 0 Å². The van der Waals surface area contributed by atoms with Crippen molar-refractivity contribution in [1.82, 2.24) is 14.7 Å². The molecule has 1 heterocycles. The third-order valence-electron chi connectivity index (χ3n) is 8.74. The summed E-state index contributed by atoms with van der Waals surface area (Å²) < 4.78 is 17.5. The standard InChI is InChI=1S/C34H59N3O9/c1-16-22(12)25-34(43)46-27(20(8)9)30(39)36(14)23(17(2)3)32(41)44-26(19(6)7)29(38)35(13)24(18(4)5)33(42)45-28(21(10)11)31(40)37(25)15/h17-28H,16H2,1-15H3/t22?,23-,24-,25-,26+,27+,28+/m1/s1. The zero-order valence-corrected chi connectivity index (χ0v) is 30.7. The minimum atomic E-state index is -1.28. The molecule has 0 bridgehead atoms. The van der Waals surface area contributed by atoms with E-state index in [0.717, 1.165) is 0 Å². The summed E-state index contributed by atoms with van der Waals surface area (Å²) in [7, 11) is 4.33. The molecule has 1 saturated heterocycles. The highest BCUT2D eigenvalue weighted by Crippen LogP contribution is 2.25. The van der Waals surface area contributed by atoms with Crippen molar-refractivity contribution in [3.05, 3.63) is 0 Å². The number of cyclic esters (lactones) is 3. The lowest BCUT2D eigenvalue weighted by Crippen LogP contribution is -2.58. The molecule has 12 nitrogen and oxygen atoms in total. The lowest BCUT2D eigenvalue weighted by Gasteiger charge is -2.38. The summed E-state index contributed by atoms with van der Waals surface area (Å²) >= 11 is 0. The van der Waals surface area contributed by atoms with E-state index in [9.17, 15) is 28.8 Å². The van der Waals surface area contributed by atoms with Crippen LogP contribution < -0.4 is 0 Å². The van der Waals surface area contributed by atoms with Gasteiger partial charge in [0.05, 0.1) is 0 Å². The van der Waals surface area contributed by atoms with Gasteiger partial charge in [0.2, 0.25) is 0 Å². The van der Waals surface area contributed by atoms with Crippen LogP contribution >= 0.6 is 0 Å². The van der Waals surface area contributed by atoms with Crippen LogP contribution in [0.25, 0.3) is 0 Å². The maximum atomic E-state index is 14.0. The van der Waals surface area contributed by atoms with E-state index in [1.54, 1.807) is 76.2 Å². The van der Waals surface area contributed by atoms with Gasteiger partial charge in [0, 0.05) is 21.1 Å². The van der Waals surface area contributed by atoms with Crippen molar-refractivity contribution in [3.8, 4) is 0 Å². The number of likely N-dealkylation sites (N-methyl/N-ethyl adjacent to an activating group) is 3. The Morgan fingerprint density at radius 3 is 0.913 bits per heavy atom. The van der Waals surface area contributed by atoms with E-state index in [4.69, 9.17) is 14.2 Å². The molecule has 3 amide bonds. The Labute approximate surface area is 275 Å². The molecule has 0 N–H and O–H groups in total. The second kappa shape index (κ2) is 17.1. The lowest BCUT2D eigenvalue weighted by molar-refractivity contribution is -0.181. The minimum Gasteiger partial charge on any atom is -0.450 e. The largest absolute Gasteiger partial charge is 0.450 e. The third-order valence-corrected chi connectivity index (χ3v) is 8.74. The van der Waals surface area contributed by atoms with Crippen molar-refractivity contribution < 1.29 is 43.0 Å². The first-order valence-electron chi connectivity index (χ1n) is 16.5. The molecule has 0 spiro atoms. The Balaban J connectivity index is 3.97. The minimum absolute atomic E-state index is 0.380. The van der Waals surface area contributed by atoms with Gasteiger partial charge in [-0.05, 0) is 35.5 Å². The molecule has 0 aromatic heterocycles. The Hall–Kier alpha value is -3.18. The molecule has 0 aliphatic carbocycles. The van der Waals surface area contributed by atoms with Gasteiger partial charge < -0.3 is 28.9 Å². The molecule has 12 heteroatoms. The highest BCUT2D eigenvalue weighted by atomic mass is 16.6. The lowest BCUT2D eigenvalue weighted by atomic mass is 9.95. The fourth-order valence-corrected chi connectivity index (χ4v) is 5.76. The molecule has 0 saturated carbocycles. The van der Waals surface area contributed by atoms with Gasteiger partial charge in [-0.3, -0.25) is 14.4 Å². The summed E-state index contributed by atoms with van der Waals surface area (Å²) in [5.74, 6) is -6.92. The first-order chi connectivity index (χ1) is 21.1. The SMILES string of the molecule is CCC(C)[C@@H]1C(=O)O[C@@H](C(C)C)C(=O)N(C)[C@H](C(C)C)C(=O)O[C@@H](C(C)C)C(=O)N(C)[C@H](C(C)C)C(=O)O[C@@H](C(C)C)C(=O)N1C. The molecule has 1 aliphatic rings. The van der Waals surface area contributed by atoms with E-state index in [1.807, 2.05) is 6.92 Å². The number of ether oxygens (including phenoxy) is 3. The number of rotatable bonds is 7. The van der Waals surface area contributed by atoms with Crippen LogP contribution in [0.2, 0.25) is 0 Å². The Morgan fingerprint density at radius 2 is 0.696 bits per heavy atom. The van der Waals surface area contributed by atoms with Gasteiger partial charge in [-0.15, -0.1) is 0 Å². The van der Waals surface area contributed by atoms with E-state index in [0.29, 0.717) is 6.42 Å². The first kappa shape index (κ1) is 40.8. The van der Waals surface area contributed by atoms with Crippen LogP contribution in [-0.2, 0) is 43.0 Å². The molecule has 1 fully saturated rings. The number of carbonyl (C=O) groups excluding carboxylic acids is 6. The van der Waals surface area contributed by atoms with E-state index in [2.05, 4.69) is 0 Å². The summed E-state index contributed by atoms with van der Waals surface area (Å²) in [5.41, 5.74) is 0. The van der Waals surface area contributed by atoms with Gasteiger partial charge >= 0.3 is 17.9 Å². The normalized spacial score (nSPS) is 27.8. The molecular formula is C34H59N3O9. The predicted octanol–water partition coefficient (Wildman–Crippen LogP) is 3.54. The van der Waals surface area contributed by atoms with E-state index in [1.165, 1.54) is 35.8 Å². The number of amides is 3. The van der Waals surface area contributed by atoms with Crippen molar-refractivity contribution >= 4 is 35.6 Å². The Bertz CT molecular complexity index is 1090. The number of nitrogens with zero attached hydrogens (tertiary/aromatic N) is 3. The molecule has 7 atom stereocenters. The molecule has 1 rings (SSSR count). The number of esters is 3. The molecule has 0 radical (unpaired) electrons. The monoisotopic (exact) mass is 653 g/mol. The van der Waals surface area contributed by atoms with E-state index in [-0.39, 0.29) is 5.92 Å². The zero-order chi connectivity index (χ0) is 36.0. The van der Waals surface area contributed by atoms with Crippen molar-refractivity contribution in [2.45, 2.75) is 126 Å². The zero-order valence-electron chi connectivity index (χ0n) is 30.7. The first-order valence-corrected chi connectivity index (χ1v) is 16.5. The molecule has 1 aliphatic heterocycles. The van der Waals surface area contributed by atoms with Crippen LogP contribution in [0.4, 0.5) is 0 Å². The maximum absolute atomic E-state index is 14.0. The van der Waals surface area contributed by atoms with Gasteiger partial charge in [0.25, 0.3) is 17.7 Å². The predicted molar refractivity (Wildman–Crippen MR) is 173 cm³/mol. The Kier molecular flexibility index (Phi) is 15.2. The van der Waals surface area contributed by atoms with Gasteiger partial charge in [-0.1, -0.05) is 89.5 Å². The average molecular weight is 654 g/mol. The second-order valence-electron chi connectivity index (χ2n) is 14.4. The average Bonchev–Trinajstić information content (AvgIpc) is 2.94. The highest BCUT2D eigenvalue weighted by molar-refractivity contribution is 5.94. The van der Waals surface area contributed by atoms with Crippen molar-refractivity contribution in [2.24, 2.45) is 35.5 Å². The van der Waals surface area contributed by atoms with Crippen LogP contribution in [0.15, 0.2) is 0 Å². The molecule has 264 valence electrons. The van der Waals surface area contributed by atoms with Gasteiger partial charge in [0.1, 0.15) is 18.1 Å². The van der Waals surface area contributed by atoms with Crippen molar-refractivity contribution in [3.63, 3.8) is 0 Å². The summed E-state index contributed by atoms with van der Waals surface area (Å²) in [5, 5.41) is 0. The summed E-state index contributed by atoms with van der Waals surface area (Å²) in [6.07, 6.45) is -3.33. The van der Waals surface area contributed by atoms with Gasteiger partial charge in [0.15, 0.2) is 18.3 Å². The highest BCUT2D eigenvalue weighted by Gasteiger charge is 2.45. The third kappa shape index (κ3) is 9.44. The molecule has 46 heavy (non-hydrogen) atoms. The number of hydrogen-bond donors (Lipinski definition) is 0. The molecular weight excluding hydrogens is 594 g/mol. The van der Waals surface area contributed by atoms with Crippen molar-refractivity contribution in [2.75, 3.05) is 21.1 Å². The molecule has 0 aromatic carbocycles. The summed E-state index contributed by atoms with van der Waals surface area (Å²) in [6.45, 7) is 20.9. The van der Waals surface area contributed by atoms with Crippen LogP contribution in [-0.4, -0.2) is 108 Å². The number of hydrogen-bond acceptors (Lipinski definition) is 9. The quantitative estimate of drug-likeness (QED) is 0.298. The van der Waals surface area contributed by atoms with Crippen LogP contribution in [0, 0.1) is 35.5 Å². The summed E-state index contributed by atoms with van der Waals surface area (Å²) in [6, 6.07) is -3.32. The van der Waals surface area contributed by atoms with E-state index < -0.39 is 102 Å². The number of carbonyl (C=O) groups is 6. The van der Waals surface area contributed by atoms with E-state index >= 15 is 0 Å². The summed E-state index contributed by atoms with van der Waals surface area (Å²) in [4.78, 5) is 86.8. The topological polar surface area (TPSA) is 140 Å². The maximum Gasteiger partial charge on any atom is 0.329 e. The van der Waals surface area contributed by atoms with Gasteiger partial charge in [-0.25, -0.2) is 14.4 Å². The van der Waals surface area contributed by atoms with Crippen LogP contribution in [0.5, 0.6) is 0 Å².